The van der Waals surface area contributed by atoms with Crippen molar-refractivity contribution in [3.63, 3.8) is 0 Å². The van der Waals surface area contributed by atoms with Gasteiger partial charge in [0.05, 0.1) is 13.2 Å². The highest BCUT2D eigenvalue weighted by Gasteiger charge is 2.47. The zero-order valence-corrected chi connectivity index (χ0v) is 14.8. The van der Waals surface area contributed by atoms with Gasteiger partial charge in [-0.15, -0.1) is 0 Å². The Morgan fingerprint density at radius 1 is 0.955 bits per heavy atom. The molecule has 0 saturated heterocycles. The van der Waals surface area contributed by atoms with Crippen molar-refractivity contribution < 1.29 is 23.8 Å². The van der Waals surface area contributed by atoms with Gasteiger partial charge in [-0.2, -0.15) is 0 Å². The zero-order valence-electron chi connectivity index (χ0n) is 14.8. The molecular formula is C17H32O5. The number of ether oxygens (including phenoxy) is 3. The summed E-state index contributed by atoms with van der Waals surface area (Å²) in [5.41, 5.74) is -0.783. The topological polar surface area (TPSA) is 61.8 Å². The SMILES string of the molecule is CCCCC(CC)(C(=O)OCC)C(CCC)OC(=O)OCC. The number of hydrogen-bond donors (Lipinski definition) is 0. The van der Waals surface area contributed by atoms with Gasteiger partial charge in [0.2, 0.25) is 0 Å². The lowest BCUT2D eigenvalue weighted by atomic mass is 9.73. The molecule has 5 nitrogen and oxygen atoms in total. The molecule has 0 amide bonds. The van der Waals surface area contributed by atoms with E-state index in [4.69, 9.17) is 14.2 Å². The van der Waals surface area contributed by atoms with E-state index in [0.29, 0.717) is 25.9 Å². The number of carbonyl (C=O) groups is 2. The Hall–Kier alpha value is -1.26. The van der Waals surface area contributed by atoms with Gasteiger partial charge in [0.25, 0.3) is 0 Å². The lowest BCUT2D eigenvalue weighted by molar-refractivity contribution is -0.166. The van der Waals surface area contributed by atoms with Crippen molar-refractivity contribution in [2.45, 2.75) is 79.2 Å². The largest absolute Gasteiger partial charge is 0.508 e. The number of unbranched alkanes of at least 4 members (excludes halogenated alkanes) is 1. The molecule has 0 saturated carbocycles. The molecule has 5 heteroatoms. The van der Waals surface area contributed by atoms with E-state index in [1.54, 1.807) is 13.8 Å². The van der Waals surface area contributed by atoms with Crippen molar-refractivity contribution in [1.29, 1.82) is 0 Å². The van der Waals surface area contributed by atoms with E-state index < -0.39 is 17.7 Å². The third-order valence-corrected chi connectivity index (χ3v) is 3.96. The Bertz CT molecular complexity index is 329. The second-order valence-corrected chi connectivity index (χ2v) is 5.41. The van der Waals surface area contributed by atoms with E-state index in [1.807, 2.05) is 13.8 Å². The zero-order chi connectivity index (χ0) is 17.0. The van der Waals surface area contributed by atoms with Crippen LogP contribution in [-0.2, 0) is 19.0 Å². The second-order valence-electron chi connectivity index (χ2n) is 5.41. The molecule has 0 N–H and O–H groups in total. The molecule has 2 unspecified atom stereocenters. The van der Waals surface area contributed by atoms with E-state index in [-0.39, 0.29) is 12.6 Å². The van der Waals surface area contributed by atoms with Crippen LogP contribution in [-0.4, -0.2) is 31.4 Å². The number of hydrogen-bond acceptors (Lipinski definition) is 5. The molecule has 130 valence electrons. The van der Waals surface area contributed by atoms with E-state index >= 15 is 0 Å². The normalized spacial score (nSPS) is 14.8. The molecule has 0 aliphatic rings. The summed E-state index contributed by atoms with van der Waals surface area (Å²) in [6, 6.07) is 0. The van der Waals surface area contributed by atoms with Crippen LogP contribution < -0.4 is 0 Å². The minimum absolute atomic E-state index is 0.255. The molecule has 0 rings (SSSR count). The molecule has 0 bridgehead atoms. The summed E-state index contributed by atoms with van der Waals surface area (Å²) in [5.74, 6) is -0.270. The summed E-state index contributed by atoms with van der Waals surface area (Å²) in [7, 11) is 0. The van der Waals surface area contributed by atoms with E-state index in [1.165, 1.54) is 0 Å². The molecule has 0 radical (unpaired) electrons. The van der Waals surface area contributed by atoms with Crippen LogP contribution in [0.4, 0.5) is 4.79 Å². The average molecular weight is 316 g/mol. The van der Waals surface area contributed by atoms with Crippen LogP contribution >= 0.6 is 0 Å². The molecule has 0 heterocycles. The molecule has 0 aromatic carbocycles. The molecular weight excluding hydrogens is 284 g/mol. The quantitative estimate of drug-likeness (QED) is 0.526. The maximum absolute atomic E-state index is 12.6. The van der Waals surface area contributed by atoms with Gasteiger partial charge in [0.15, 0.2) is 0 Å². The lowest BCUT2D eigenvalue weighted by Crippen LogP contribution is -2.45. The first-order chi connectivity index (χ1) is 10.5. The first kappa shape index (κ1) is 20.7. The van der Waals surface area contributed by atoms with E-state index in [2.05, 4.69) is 6.92 Å². The fourth-order valence-electron chi connectivity index (χ4n) is 2.69. The third kappa shape index (κ3) is 5.85. The van der Waals surface area contributed by atoms with Crippen LogP contribution in [0, 0.1) is 5.41 Å². The Kier molecular flexibility index (Phi) is 10.7. The minimum Gasteiger partial charge on any atom is -0.465 e. The van der Waals surface area contributed by atoms with E-state index in [0.717, 1.165) is 19.3 Å². The average Bonchev–Trinajstić information content (AvgIpc) is 2.49. The molecule has 22 heavy (non-hydrogen) atoms. The summed E-state index contributed by atoms with van der Waals surface area (Å²) in [5, 5.41) is 0. The fourth-order valence-corrected chi connectivity index (χ4v) is 2.69. The number of esters is 1. The number of carbonyl (C=O) groups excluding carboxylic acids is 2. The maximum Gasteiger partial charge on any atom is 0.508 e. The highest BCUT2D eigenvalue weighted by molar-refractivity contribution is 5.78. The predicted octanol–water partition coefficient (Wildman–Crippen LogP) is 4.48. The lowest BCUT2D eigenvalue weighted by Gasteiger charge is -2.37. The summed E-state index contributed by atoms with van der Waals surface area (Å²) in [4.78, 5) is 24.4. The Morgan fingerprint density at radius 3 is 2.05 bits per heavy atom. The van der Waals surface area contributed by atoms with Crippen molar-refractivity contribution in [2.75, 3.05) is 13.2 Å². The highest BCUT2D eigenvalue weighted by Crippen LogP contribution is 2.38. The van der Waals surface area contributed by atoms with Gasteiger partial charge in [-0.05, 0) is 33.1 Å². The van der Waals surface area contributed by atoms with Crippen LogP contribution in [0.3, 0.4) is 0 Å². The summed E-state index contributed by atoms with van der Waals surface area (Å²) >= 11 is 0. The monoisotopic (exact) mass is 316 g/mol. The third-order valence-electron chi connectivity index (χ3n) is 3.96. The molecule has 0 aliphatic heterocycles. The van der Waals surface area contributed by atoms with Gasteiger partial charge < -0.3 is 14.2 Å². The molecule has 0 aromatic heterocycles. The highest BCUT2D eigenvalue weighted by atomic mass is 16.7. The van der Waals surface area contributed by atoms with Crippen LogP contribution in [0.5, 0.6) is 0 Å². The Balaban J connectivity index is 5.40. The van der Waals surface area contributed by atoms with Crippen molar-refractivity contribution >= 4 is 12.1 Å². The van der Waals surface area contributed by atoms with Crippen molar-refractivity contribution in [3.8, 4) is 0 Å². The van der Waals surface area contributed by atoms with E-state index in [9.17, 15) is 9.59 Å². The standard InChI is InChI=1S/C17H32O5/c1-6-11-13-17(8-3,15(18)20-9-4)14(12-7-2)22-16(19)21-10-5/h14H,6-13H2,1-5H3. The van der Waals surface area contributed by atoms with Crippen molar-refractivity contribution in [2.24, 2.45) is 5.41 Å². The first-order valence-electron chi connectivity index (χ1n) is 8.52. The summed E-state index contributed by atoms with van der Waals surface area (Å²) in [6.45, 7) is 10.1. The van der Waals surface area contributed by atoms with Crippen molar-refractivity contribution in [1.82, 2.24) is 0 Å². The minimum atomic E-state index is -0.783. The number of rotatable bonds is 11. The fraction of sp³-hybridized carbons (Fsp3) is 0.882. The maximum atomic E-state index is 12.6. The van der Waals surface area contributed by atoms with Crippen molar-refractivity contribution in [3.05, 3.63) is 0 Å². The summed E-state index contributed by atoms with van der Waals surface area (Å²) < 4.78 is 15.7. The molecule has 0 aromatic rings. The smallest absolute Gasteiger partial charge is 0.465 e. The molecule has 0 spiro atoms. The molecule has 2 atom stereocenters. The van der Waals surface area contributed by atoms with Gasteiger partial charge in [-0.25, -0.2) is 4.79 Å². The Morgan fingerprint density at radius 2 is 1.59 bits per heavy atom. The first-order valence-corrected chi connectivity index (χ1v) is 8.52. The van der Waals surface area contributed by atoms with Crippen LogP contribution in [0.2, 0.25) is 0 Å². The Labute approximate surface area is 134 Å². The van der Waals surface area contributed by atoms with Gasteiger partial charge >= 0.3 is 12.1 Å². The van der Waals surface area contributed by atoms with Gasteiger partial charge in [0, 0.05) is 0 Å². The van der Waals surface area contributed by atoms with Gasteiger partial charge in [0.1, 0.15) is 11.5 Å². The second kappa shape index (κ2) is 11.3. The van der Waals surface area contributed by atoms with Gasteiger partial charge in [-0.3, -0.25) is 4.79 Å². The van der Waals surface area contributed by atoms with Gasteiger partial charge in [-0.1, -0.05) is 40.0 Å². The predicted molar refractivity (Wildman–Crippen MR) is 85.7 cm³/mol. The van der Waals surface area contributed by atoms with Crippen LogP contribution in [0.25, 0.3) is 0 Å². The van der Waals surface area contributed by atoms with Crippen LogP contribution in [0.15, 0.2) is 0 Å². The summed E-state index contributed by atoms with van der Waals surface area (Å²) in [6.07, 6.45) is 3.32. The molecule has 0 fully saturated rings. The molecule has 0 aliphatic carbocycles. The van der Waals surface area contributed by atoms with Crippen LogP contribution in [0.1, 0.15) is 73.1 Å².